The molecule has 0 aliphatic carbocycles. The first kappa shape index (κ1) is 19.9. The van der Waals surface area contributed by atoms with E-state index in [0.717, 1.165) is 34.2 Å². The summed E-state index contributed by atoms with van der Waals surface area (Å²) in [6.45, 7) is 6.22. The maximum absolute atomic E-state index is 13.3. The highest BCUT2D eigenvalue weighted by Gasteiger charge is 2.17. The van der Waals surface area contributed by atoms with Crippen LogP contribution in [0.5, 0.6) is 0 Å². The monoisotopic (exact) mass is 421 g/mol. The minimum absolute atomic E-state index is 0.0810. The summed E-state index contributed by atoms with van der Waals surface area (Å²) in [5.74, 6) is 0.906. The molecular formula is C27H23N3O2. The van der Waals surface area contributed by atoms with Crippen LogP contribution in [0.3, 0.4) is 0 Å². The predicted molar refractivity (Wildman–Crippen MR) is 127 cm³/mol. The van der Waals surface area contributed by atoms with Gasteiger partial charge in [0.25, 0.3) is 11.4 Å². The minimum atomic E-state index is -0.0810. The van der Waals surface area contributed by atoms with E-state index in [0.29, 0.717) is 17.1 Å². The van der Waals surface area contributed by atoms with E-state index in [4.69, 9.17) is 4.52 Å². The van der Waals surface area contributed by atoms with Crippen LogP contribution in [0, 0.1) is 13.8 Å². The van der Waals surface area contributed by atoms with E-state index in [2.05, 4.69) is 36.1 Å². The van der Waals surface area contributed by atoms with E-state index in [1.807, 2.05) is 61.5 Å². The molecule has 3 aromatic carbocycles. The number of aromatic nitrogens is 3. The van der Waals surface area contributed by atoms with Gasteiger partial charge in [-0.05, 0) is 55.2 Å². The number of aryl methyl sites for hydroxylation is 3. The number of benzene rings is 3. The Kier molecular flexibility index (Phi) is 4.94. The highest BCUT2D eigenvalue weighted by molar-refractivity contribution is 5.94. The maximum Gasteiger partial charge on any atom is 0.262 e. The quantitative estimate of drug-likeness (QED) is 0.363. The molecule has 32 heavy (non-hydrogen) atoms. The van der Waals surface area contributed by atoms with Crippen molar-refractivity contribution in [1.82, 2.24) is 14.7 Å². The molecule has 0 N–H and O–H groups in total. The van der Waals surface area contributed by atoms with E-state index >= 15 is 0 Å². The van der Waals surface area contributed by atoms with E-state index in [1.54, 1.807) is 10.8 Å². The first-order valence-electron chi connectivity index (χ1n) is 10.7. The predicted octanol–water partition coefficient (Wildman–Crippen LogP) is 5.89. The zero-order chi connectivity index (χ0) is 22.2. The van der Waals surface area contributed by atoms with Crippen LogP contribution in [-0.4, -0.2) is 14.7 Å². The van der Waals surface area contributed by atoms with Gasteiger partial charge in [0.15, 0.2) is 0 Å². The van der Waals surface area contributed by atoms with E-state index in [9.17, 15) is 4.79 Å². The average molecular weight is 422 g/mol. The number of fused-ring (bicyclic) bond motifs is 1. The molecule has 158 valence electrons. The Hall–Kier alpha value is -3.99. The van der Waals surface area contributed by atoms with E-state index in [-0.39, 0.29) is 5.56 Å². The lowest BCUT2D eigenvalue weighted by atomic mass is 10.1. The molecule has 5 heteroatoms. The molecule has 0 atom stereocenters. The Morgan fingerprint density at radius 3 is 2.38 bits per heavy atom. The molecule has 0 spiro atoms. The fraction of sp³-hybridized carbons (Fsp3) is 0.148. The minimum Gasteiger partial charge on any atom is -0.334 e. The zero-order valence-electron chi connectivity index (χ0n) is 18.3. The van der Waals surface area contributed by atoms with E-state index in [1.165, 1.54) is 11.1 Å². The summed E-state index contributed by atoms with van der Waals surface area (Å²) in [4.78, 5) is 18.0. The average Bonchev–Trinajstić information content (AvgIpc) is 3.31. The van der Waals surface area contributed by atoms with Gasteiger partial charge in [-0.1, -0.05) is 60.6 Å². The molecule has 0 saturated carbocycles. The summed E-state index contributed by atoms with van der Waals surface area (Å²) in [5, 5.41) is 5.60. The third-order valence-corrected chi connectivity index (χ3v) is 5.97. The fourth-order valence-electron chi connectivity index (χ4n) is 3.87. The van der Waals surface area contributed by atoms with Crippen LogP contribution in [0.25, 0.3) is 39.3 Å². The molecule has 0 amide bonds. The van der Waals surface area contributed by atoms with Gasteiger partial charge in [0.05, 0.1) is 5.56 Å². The molecule has 0 aliphatic heterocycles. The SMILES string of the molecule is CCc1ccc(-c2noc(-c3cn(-c4ccc(C)c(C)c4)c(=O)c4ccccc34)n2)cc1. The number of nitrogens with zero attached hydrogens (tertiary/aromatic N) is 3. The normalized spacial score (nSPS) is 11.2. The molecule has 0 unspecified atom stereocenters. The summed E-state index contributed by atoms with van der Waals surface area (Å²) < 4.78 is 7.32. The molecule has 2 heterocycles. The van der Waals surface area contributed by atoms with Crippen LogP contribution in [0.4, 0.5) is 0 Å². The van der Waals surface area contributed by atoms with Crippen molar-refractivity contribution in [2.24, 2.45) is 0 Å². The van der Waals surface area contributed by atoms with Gasteiger partial charge in [-0.2, -0.15) is 4.98 Å². The van der Waals surface area contributed by atoms with Crippen LogP contribution in [0.15, 0.2) is 82.2 Å². The molecule has 0 aliphatic rings. The summed E-state index contributed by atoms with van der Waals surface area (Å²) in [6, 6.07) is 21.7. The lowest BCUT2D eigenvalue weighted by Crippen LogP contribution is -2.18. The fourth-order valence-corrected chi connectivity index (χ4v) is 3.87. The number of pyridine rings is 1. The molecule has 0 fully saturated rings. The highest BCUT2D eigenvalue weighted by atomic mass is 16.5. The van der Waals surface area contributed by atoms with Crippen molar-refractivity contribution in [3.05, 3.63) is 100.0 Å². The first-order chi connectivity index (χ1) is 15.5. The molecule has 2 aromatic heterocycles. The van der Waals surface area contributed by atoms with Crippen molar-refractivity contribution in [1.29, 1.82) is 0 Å². The zero-order valence-corrected chi connectivity index (χ0v) is 18.3. The van der Waals surface area contributed by atoms with Crippen molar-refractivity contribution in [2.75, 3.05) is 0 Å². The van der Waals surface area contributed by atoms with Crippen LogP contribution in [-0.2, 0) is 6.42 Å². The molecule has 0 radical (unpaired) electrons. The van der Waals surface area contributed by atoms with Crippen LogP contribution >= 0.6 is 0 Å². The van der Waals surface area contributed by atoms with Crippen molar-refractivity contribution in [2.45, 2.75) is 27.2 Å². The smallest absolute Gasteiger partial charge is 0.262 e. The van der Waals surface area contributed by atoms with Gasteiger partial charge in [-0.15, -0.1) is 0 Å². The van der Waals surface area contributed by atoms with Gasteiger partial charge in [-0.25, -0.2) is 0 Å². The second-order valence-corrected chi connectivity index (χ2v) is 8.01. The van der Waals surface area contributed by atoms with Crippen LogP contribution in [0.1, 0.15) is 23.6 Å². The second-order valence-electron chi connectivity index (χ2n) is 8.01. The lowest BCUT2D eigenvalue weighted by molar-refractivity contribution is 0.432. The van der Waals surface area contributed by atoms with Gasteiger partial charge < -0.3 is 4.52 Å². The topological polar surface area (TPSA) is 60.9 Å². The Balaban J connectivity index is 1.69. The molecule has 5 nitrogen and oxygen atoms in total. The number of hydrogen-bond acceptors (Lipinski definition) is 4. The van der Waals surface area contributed by atoms with Gasteiger partial charge in [0, 0.05) is 28.2 Å². The van der Waals surface area contributed by atoms with Gasteiger partial charge in [0.2, 0.25) is 5.82 Å². The van der Waals surface area contributed by atoms with Crippen molar-refractivity contribution in [3.8, 4) is 28.5 Å². The van der Waals surface area contributed by atoms with E-state index < -0.39 is 0 Å². The Labute approximate surface area is 186 Å². The van der Waals surface area contributed by atoms with Crippen LogP contribution in [0.2, 0.25) is 0 Å². The molecule has 5 aromatic rings. The van der Waals surface area contributed by atoms with Crippen molar-refractivity contribution < 1.29 is 4.52 Å². The number of hydrogen-bond donors (Lipinski definition) is 0. The first-order valence-corrected chi connectivity index (χ1v) is 10.7. The summed E-state index contributed by atoms with van der Waals surface area (Å²) in [5.41, 5.74) is 5.90. The summed E-state index contributed by atoms with van der Waals surface area (Å²) >= 11 is 0. The second kappa shape index (κ2) is 7.93. The van der Waals surface area contributed by atoms with Crippen LogP contribution < -0.4 is 5.56 Å². The Morgan fingerprint density at radius 2 is 1.66 bits per heavy atom. The summed E-state index contributed by atoms with van der Waals surface area (Å²) in [7, 11) is 0. The Bertz CT molecular complexity index is 1490. The molecule has 0 bridgehead atoms. The van der Waals surface area contributed by atoms with Gasteiger partial charge in [-0.3, -0.25) is 9.36 Å². The number of rotatable bonds is 4. The van der Waals surface area contributed by atoms with Gasteiger partial charge >= 0.3 is 0 Å². The molecular weight excluding hydrogens is 398 g/mol. The lowest BCUT2D eigenvalue weighted by Gasteiger charge is -2.12. The third kappa shape index (κ3) is 3.42. The largest absolute Gasteiger partial charge is 0.334 e. The Morgan fingerprint density at radius 1 is 0.906 bits per heavy atom. The van der Waals surface area contributed by atoms with Crippen molar-refractivity contribution in [3.63, 3.8) is 0 Å². The highest BCUT2D eigenvalue weighted by Crippen LogP contribution is 2.29. The van der Waals surface area contributed by atoms with Crippen molar-refractivity contribution >= 4 is 10.8 Å². The third-order valence-electron chi connectivity index (χ3n) is 5.97. The maximum atomic E-state index is 13.3. The molecule has 0 saturated heterocycles. The van der Waals surface area contributed by atoms with Gasteiger partial charge in [0.1, 0.15) is 0 Å². The molecule has 5 rings (SSSR count). The summed E-state index contributed by atoms with van der Waals surface area (Å²) in [6.07, 6.45) is 2.77. The standard InChI is InChI=1S/C27H23N3O2/c1-4-19-10-12-20(13-11-19)25-28-26(32-29-25)24-16-30(21-14-9-17(2)18(3)15-21)27(31)23-8-6-5-7-22(23)24/h5-16H,4H2,1-3H3.